The van der Waals surface area contributed by atoms with Crippen LogP contribution in [0.25, 0.3) is 0 Å². The Bertz CT molecular complexity index is 1110. The van der Waals surface area contributed by atoms with Gasteiger partial charge in [-0.05, 0) is 82.4 Å². The summed E-state index contributed by atoms with van der Waals surface area (Å²) in [4.78, 5) is 2.19. The van der Waals surface area contributed by atoms with Gasteiger partial charge in [-0.15, -0.1) is 0 Å². The zero-order chi connectivity index (χ0) is 28.3. The average Bonchev–Trinajstić information content (AvgIpc) is 2.84. The van der Waals surface area contributed by atoms with E-state index >= 15 is 0 Å². The molecule has 6 heteroatoms. The number of ether oxygens (including phenoxy) is 2. The third-order valence-electron chi connectivity index (χ3n) is 7.78. The van der Waals surface area contributed by atoms with Crippen LogP contribution < -0.4 is 9.47 Å². The molecule has 2 aromatic rings. The summed E-state index contributed by atoms with van der Waals surface area (Å²) in [5.74, 6) is 1.56. The molecule has 2 aromatic carbocycles. The number of hydrogen-bond acceptors (Lipinski definition) is 5. The maximum Gasteiger partial charge on any atom is 0.122 e. The maximum atomic E-state index is 12.2. The van der Waals surface area contributed by atoms with Crippen LogP contribution >= 0.6 is 0 Å². The van der Waals surface area contributed by atoms with Gasteiger partial charge in [0, 0.05) is 30.4 Å². The van der Waals surface area contributed by atoms with Crippen molar-refractivity contribution >= 4 is 0 Å². The van der Waals surface area contributed by atoms with Crippen LogP contribution in [0.3, 0.4) is 0 Å². The fraction of sp³-hybridized carbons (Fsp3) is 0.562. The minimum Gasteiger partial charge on any atom is -0.633 e. The molecule has 0 aromatic heterocycles. The van der Waals surface area contributed by atoms with Crippen molar-refractivity contribution in [2.45, 2.75) is 57.5 Å². The standard InChI is InChI=1S/C32H48N2O4/c1-22-18-27(25-20-23(14-16-33(4)5)10-12-29(25)37-8)31(32(2,3)35)28(19-22)26-21-24(11-13-30(26)38-9)15-17-34(6,7)36/h10-13,18,20-21,27-28,31,35H,14-17,19H2,1-9H3/t27-,28?,31+/m0/s1. The van der Waals surface area contributed by atoms with Gasteiger partial charge in [0.25, 0.3) is 0 Å². The molecule has 3 rings (SSSR count). The van der Waals surface area contributed by atoms with E-state index in [1.54, 1.807) is 28.3 Å². The summed E-state index contributed by atoms with van der Waals surface area (Å²) >= 11 is 0. The minimum absolute atomic E-state index is 0.0322. The number of benzene rings is 2. The largest absolute Gasteiger partial charge is 0.633 e. The van der Waals surface area contributed by atoms with E-state index in [1.807, 2.05) is 19.9 Å². The van der Waals surface area contributed by atoms with E-state index in [9.17, 15) is 10.3 Å². The fourth-order valence-electron chi connectivity index (χ4n) is 5.90. The van der Waals surface area contributed by atoms with E-state index in [4.69, 9.17) is 9.47 Å². The second-order valence-electron chi connectivity index (χ2n) is 12.3. The van der Waals surface area contributed by atoms with Crippen molar-refractivity contribution in [1.29, 1.82) is 0 Å². The van der Waals surface area contributed by atoms with Crippen LogP contribution in [0.2, 0.25) is 0 Å². The van der Waals surface area contributed by atoms with E-state index in [0.29, 0.717) is 13.0 Å². The minimum atomic E-state index is -0.966. The molecule has 0 fully saturated rings. The number of rotatable bonds is 11. The van der Waals surface area contributed by atoms with Gasteiger partial charge in [0.2, 0.25) is 0 Å². The zero-order valence-electron chi connectivity index (χ0n) is 24.9. The lowest BCUT2D eigenvalue weighted by Gasteiger charge is -2.44. The Morgan fingerprint density at radius 3 is 2.05 bits per heavy atom. The molecule has 210 valence electrons. The Hall–Kier alpha value is -2.38. The first-order valence-electron chi connectivity index (χ1n) is 13.7. The van der Waals surface area contributed by atoms with Crippen molar-refractivity contribution in [3.63, 3.8) is 0 Å². The summed E-state index contributed by atoms with van der Waals surface area (Å²) in [6.07, 6.45) is 4.78. The number of allylic oxidation sites excluding steroid dienone is 2. The second-order valence-corrected chi connectivity index (χ2v) is 12.3. The van der Waals surface area contributed by atoms with Gasteiger partial charge in [0.05, 0.1) is 40.5 Å². The highest BCUT2D eigenvalue weighted by Gasteiger charge is 2.44. The Kier molecular flexibility index (Phi) is 9.69. The van der Waals surface area contributed by atoms with Crippen molar-refractivity contribution < 1.29 is 19.2 Å². The topological polar surface area (TPSA) is 65.0 Å². The fourth-order valence-corrected chi connectivity index (χ4v) is 5.90. The molecular formula is C32H48N2O4. The van der Waals surface area contributed by atoms with Crippen LogP contribution in [0.1, 0.15) is 61.3 Å². The van der Waals surface area contributed by atoms with Gasteiger partial charge in [-0.25, -0.2) is 0 Å². The molecular weight excluding hydrogens is 476 g/mol. The molecule has 0 spiro atoms. The van der Waals surface area contributed by atoms with E-state index in [-0.39, 0.29) is 22.4 Å². The van der Waals surface area contributed by atoms with Gasteiger partial charge in [0.15, 0.2) is 0 Å². The van der Waals surface area contributed by atoms with Crippen molar-refractivity contribution in [2.24, 2.45) is 5.92 Å². The van der Waals surface area contributed by atoms with E-state index < -0.39 is 5.60 Å². The lowest BCUT2D eigenvalue weighted by atomic mass is 9.62. The smallest absolute Gasteiger partial charge is 0.122 e. The maximum absolute atomic E-state index is 12.2. The van der Waals surface area contributed by atoms with Gasteiger partial charge >= 0.3 is 0 Å². The highest BCUT2D eigenvalue weighted by Crippen LogP contribution is 2.53. The molecule has 0 aliphatic heterocycles. The monoisotopic (exact) mass is 524 g/mol. The SMILES string of the molecule is COc1ccc(CC[N+](C)(C)[O-])cc1C1CC(C)=C[C@@H](c2cc(CCN(C)C)ccc2OC)[C@H]1C(C)(C)O. The third kappa shape index (κ3) is 7.60. The molecule has 0 amide bonds. The second kappa shape index (κ2) is 12.2. The Morgan fingerprint density at radius 1 is 0.974 bits per heavy atom. The highest BCUT2D eigenvalue weighted by atomic mass is 16.5. The van der Waals surface area contributed by atoms with E-state index in [2.05, 4.69) is 62.3 Å². The molecule has 1 aliphatic carbocycles. The highest BCUT2D eigenvalue weighted by molar-refractivity contribution is 5.48. The van der Waals surface area contributed by atoms with E-state index in [1.165, 1.54) is 11.1 Å². The quantitative estimate of drug-likeness (QED) is 0.238. The predicted molar refractivity (Wildman–Crippen MR) is 156 cm³/mol. The number of hydroxylamine groups is 3. The van der Waals surface area contributed by atoms with Crippen LogP contribution in [0.15, 0.2) is 48.0 Å². The molecule has 0 saturated heterocycles. The average molecular weight is 525 g/mol. The Morgan fingerprint density at radius 2 is 1.53 bits per heavy atom. The summed E-state index contributed by atoms with van der Waals surface area (Å²) in [5, 5.41) is 23.9. The number of likely N-dealkylation sites (N-methyl/N-ethyl adjacent to an activating group) is 2. The van der Waals surface area contributed by atoms with Gasteiger partial charge in [-0.2, -0.15) is 0 Å². The number of quaternary nitrogens is 1. The van der Waals surface area contributed by atoms with Crippen LogP contribution in [0.4, 0.5) is 0 Å². The van der Waals surface area contributed by atoms with Gasteiger partial charge in [-0.3, -0.25) is 0 Å². The van der Waals surface area contributed by atoms with Gasteiger partial charge in [0.1, 0.15) is 11.5 Å². The summed E-state index contributed by atoms with van der Waals surface area (Å²) in [5.41, 5.74) is 4.89. The molecule has 1 unspecified atom stereocenters. The first-order valence-corrected chi connectivity index (χ1v) is 13.7. The molecule has 0 saturated carbocycles. The summed E-state index contributed by atoms with van der Waals surface area (Å²) in [6.45, 7) is 7.48. The molecule has 1 N–H and O–H groups in total. The Labute approximate surface area is 230 Å². The lowest BCUT2D eigenvalue weighted by molar-refractivity contribution is -0.839. The molecule has 38 heavy (non-hydrogen) atoms. The molecule has 6 nitrogen and oxygen atoms in total. The predicted octanol–water partition coefficient (Wildman–Crippen LogP) is 5.53. The van der Waals surface area contributed by atoms with Crippen LogP contribution in [-0.2, 0) is 12.8 Å². The molecule has 0 radical (unpaired) electrons. The van der Waals surface area contributed by atoms with Gasteiger partial charge < -0.3 is 29.3 Å². The number of methoxy groups -OCH3 is 2. The normalized spacial score (nSPS) is 20.4. The lowest BCUT2D eigenvalue weighted by Crippen LogP contribution is -2.41. The number of nitrogens with zero attached hydrogens (tertiary/aromatic N) is 2. The first kappa shape index (κ1) is 30.2. The molecule has 0 bridgehead atoms. The molecule has 3 atom stereocenters. The van der Waals surface area contributed by atoms with Crippen LogP contribution in [-0.4, -0.2) is 75.8 Å². The van der Waals surface area contributed by atoms with Gasteiger partial charge in [-0.1, -0.05) is 35.9 Å². The Balaban J connectivity index is 2.12. The van der Waals surface area contributed by atoms with Crippen molar-refractivity contribution in [3.05, 3.63) is 75.5 Å². The number of aliphatic hydroxyl groups is 1. The molecule has 0 heterocycles. The van der Waals surface area contributed by atoms with Crippen molar-refractivity contribution in [1.82, 2.24) is 4.90 Å². The molecule has 1 aliphatic rings. The summed E-state index contributed by atoms with van der Waals surface area (Å²) in [6, 6.07) is 12.7. The van der Waals surface area contributed by atoms with Crippen LogP contribution in [0.5, 0.6) is 11.5 Å². The number of hydrogen-bond donors (Lipinski definition) is 1. The van der Waals surface area contributed by atoms with Crippen molar-refractivity contribution in [2.75, 3.05) is 55.5 Å². The summed E-state index contributed by atoms with van der Waals surface area (Å²) in [7, 11) is 11.0. The summed E-state index contributed by atoms with van der Waals surface area (Å²) < 4.78 is 11.4. The van der Waals surface area contributed by atoms with E-state index in [0.717, 1.165) is 47.6 Å². The zero-order valence-corrected chi connectivity index (χ0v) is 24.9. The van der Waals surface area contributed by atoms with Crippen LogP contribution in [0, 0.1) is 11.1 Å². The first-order chi connectivity index (χ1) is 17.7. The van der Waals surface area contributed by atoms with Crippen molar-refractivity contribution in [3.8, 4) is 11.5 Å². The third-order valence-corrected chi connectivity index (χ3v) is 7.78.